The molecule has 242 valence electrons. The Kier molecular flexibility index (Phi) is 10.6. The molecule has 1 amide bonds. The molecule has 1 aliphatic carbocycles. The van der Waals surface area contributed by atoms with Gasteiger partial charge in [-0.1, -0.05) is 0 Å². The Morgan fingerprint density at radius 2 is 1.75 bits per heavy atom. The monoisotopic (exact) mass is 637 g/mol. The summed E-state index contributed by atoms with van der Waals surface area (Å²) in [5.41, 5.74) is -2.62. The van der Waals surface area contributed by atoms with E-state index in [1.807, 2.05) is 4.90 Å². The number of anilines is 1. The summed E-state index contributed by atoms with van der Waals surface area (Å²) in [6, 6.07) is 5.41. The van der Waals surface area contributed by atoms with Gasteiger partial charge in [-0.3, -0.25) is 24.3 Å². The van der Waals surface area contributed by atoms with Crippen LogP contribution in [0.5, 0.6) is 0 Å². The van der Waals surface area contributed by atoms with Crippen molar-refractivity contribution in [2.75, 3.05) is 44.8 Å². The first-order chi connectivity index (χ1) is 20.7. The molecule has 1 aromatic rings. The SMILES string of the molecule is COC(=O)CCN1[C@H](C)CN(CCOC2CCC(N3C(=S)N(c4ccc(C#N)c(C(F)(F)F)c4)C(=O)C3(C)C)CC2)C[C@@H]1C. The molecule has 3 fully saturated rings. The summed E-state index contributed by atoms with van der Waals surface area (Å²) in [4.78, 5) is 32.9. The Morgan fingerprint density at radius 1 is 1.11 bits per heavy atom. The van der Waals surface area contributed by atoms with Gasteiger partial charge in [0.25, 0.3) is 5.91 Å². The van der Waals surface area contributed by atoms with Gasteiger partial charge in [0, 0.05) is 44.3 Å². The summed E-state index contributed by atoms with van der Waals surface area (Å²) in [5, 5.41) is 9.34. The first-order valence-electron chi connectivity index (χ1n) is 15.1. The van der Waals surface area contributed by atoms with Gasteiger partial charge in [-0.05, 0) is 83.8 Å². The lowest BCUT2D eigenvalue weighted by Gasteiger charge is -2.44. The third kappa shape index (κ3) is 7.19. The Labute approximate surface area is 262 Å². The Balaban J connectivity index is 1.30. The maximum absolute atomic E-state index is 13.6. The zero-order chi connectivity index (χ0) is 32.4. The number of hydrogen-bond acceptors (Lipinski definition) is 8. The van der Waals surface area contributed by atoms with E-state index in [1.165, 1.54) is 18.1 Å². The molecule has 0 N–H and O–H groups in total. The van der Waals surface area contributed by atoms with Gasteiger partial charge in [-0.2, -0.15) is 18.4 Å². The number of amides is 1. The highest BCUT2D eigenvalue weighted by Gasteiger charge is 2.52. The van der Waals surface area contributed by atoms with Crippen molar-refractivity contribution in [1.82, 2.24) is 14.7 Å². The third-order valence-corrected chi connectivity index (χ3v) is 9.54. The molecule has 1 aromatic carbocycles. The Bertz CT molecular complexity index is 1270. The summed E-state index contributed by atoms with van der Waals surface area (Å²) in [7, 11) is 1.41. The van der Waals surface area contributed by atoms with Crippen LogP contribution in [-0.2, 0) is 25.2 Å². The topological polar surface area (TPSA) is 89.3 Å². The number of nitriles is 1. The average molecular weight is 638 g/mol. The molecule has 0 spiro atoms. The number of carbonyl (C=O) groups excluding carboxylic acids is 2. The van der Waals surface area contributed by atoms with Crippen molar-refractivity contribution in [3.63, 3.8) is 0 Å². The highest BCUT2D eigenvalue weighted by Crippen LogP contribution is 2.40. The highest BCUT2D eigenvalue weighted by molar-refractivity contribution is 7.80. The minimum Gasteiger partial charge on any atom is -0.469 e. The van der Waals surface area contributed by atoms with Gasteiger partial charge in [0.2, 0.25) is 0 Å². The molecule has 2 atom stereocenters. The van der Waals surface area contributed by atoms with Crippen LogP contribution in [0.15, 0.2) is 18.2 Å². The first kappa shape index (κ1) is 34.1. The summed E-state index contributed by atoms with van der Waals surface area (Å²) in [6.45, 7) is 11.8. The van der Waals surface area contributed by atoms with Crippen LogP contribution in [0, 0.1) is 11.3 Å². The molecular weight excluding hydrogens is 595 g/mol. The van der Waals surface area contributed by atoms with E-state index in [1.54, 1.807) is 19.9 Å². The van der Waals surface area contributed by atoms with Crippen molar-refractivity contribution < 1.29 is 32.2 Å². The Morgan fingerprint density at radius 3 is 2.32 bits per heavy atom. The first-order valence-corrected chi connectivity index (χ1v) is 15.6. The molecule has 4 rings (SSSR count). The summed E-state index contributed by atoms with van der Waals surface area (Å²) < 4.78 is 51.9. The molecule has 0 aromatic heterocycles. The fraction of sp³-hybridized carbons (Fsp3) is 0.677. The molecule has 44 heavy (non-hydrogen) atoms. The maximum Gasteiger partial charge on any atom is 0.417 e. The van der Waals surface area contributed by atoms with Crippen LogP contribution in [0.2, 0.25) is 0 Å². The number of methoxy groups -OCH3 is 1. The zero-order valence-corrected chi connectivity index (χ0v) is 26.8. The van der Waals surface area contributed by atoms with E-state index < -0.39 is 28.7 Å². The van der Waals surface area contributed by atoms with Gasteiger partial charge >= 0.3 is 12.1 Å². The van der Waals surface area contributed by atoms with Crippen LogP contribution >= 0.6 is 12.2 Å². The van der Waals surface area contributed by atoms with Crippen molar-refractivity contribution in [2.45, 2.75) is 95.7 Å². The fourth-order valence-corrected chi connectivity index (χ4v) is 7.45. The average Bonchev–Trinajstić information content (AvgIpc) is 3.14. The molecule has 0 unspecified atom stereocenters. The number of nitrogens with zero attached hydrogens (tertiary/aromatic N) is 5. The number of ether oxygens (including phenoxy) is 2. The molecule has 0 bridgehead atoms. The highest BCUT2D eigenvalue weighted by atomic mass is 32.1. The second kappa shape index (κ2) is 13.7. The summed E-state index contributed by atoms with van der Waals surface area (Å²) >= 11 is 5.70. The maximum atomic E-state index is 13.6. The van der Waals surface area contributed by atoms with E-state index in [9.17, 15) is 22.8 Å². The Hall–Kier alpha value is -2.79. The van der Waals surface area contributed by atoms with Crippen molar-refractivity contribution in [1.29, 1.82) is 5.26 Å². The van der Waals surface area contributed by atoms with Crippen LogP contribution in [0.25, 0.3) is 0 Å². The van der Waals surface area contributed by atoms with Crippen LogP contribution in [0.3, 0.4) is 0 Å². The van der Waals surface area contributed by atoms with Crippen molar-refractivity contribution >= 4 is 34.9 Å². The number of piperazine rings is 1. The molecule has 13 heteroatoms. The molecule has 2 aliphatic heterocycles. The van der Waals surface area contributed by atoms with Gasteiger partial charge in [0.1, 0.15) is 5.54 Å². The predicted molar refractivity (Wildman–Crippen MR) is 163 cm³/mol. The number of carbonyl (C=O) groups is 2. The van der Waals surface area contributed by atoms with E-state index in [0.717, 1.165) is 57.5 Å². The van der Waals surface area contributed by atoms with Gasteiger partial charge in [-0.25, -0.2) is 0 Å². The number of rotatable bonds is 9. The second-order valence-corrected chi connectivity index (χ2v) is 12.9. The van der Waals surface area contributed by atoms with Crippen molar-refractivity contribution in [3.05, 3.63) is 29.3 Å². The number of thiocarbonyl (C=S) groups is 1. The van der Waals surface area contributed by atoms with Gasteiger partial charge in [0.05, 0.1) is 49.1 Å². The van der Waals surface area contributed by atoms with E-state index in [4.69, 9.17) is 27.0 Å². The minimum absolute atomic E-state index is 0.00635. The summed E-state index contributed by atoms with van der Waals surface area (Å²) in [6.07, 6.45) is -1.21. The largest absolute Gasteiger partial charge is 0.469 e. The lowest BCUT2D eigenvalue weighted by molar-refractivity contribution is -0.141. The predicted octanol–water partition coefficient (Wildman–Crippen LogP) is 4.57. The number of hydrogen-bond donors (Lipinski definition) is 0. The van der Waals surface area contributed by atoms with Crippen LogP contribution in [0.4, 0.5) is 18.9 Å². The van der Waals surface area contributed by atoms with Gasteiger partial charge in [0.15, 0.2) is 5.11 Å². The number of benzene rings is 1. The fourth-order valence-electron chi connectivity index (χ4n) is 6.88. The number of halogens is 3. The quantitative estimate of drug-likeness (QED) is 0.285. The molecule has 1 saturated carbocycles. The molecule has 3 aliphatic rings. The second-order valence-electron chi connectivity index (χ2n) is 12.5. The van der Waals surface area contributed by atoms with E-state index in [-0.39, 0.29) is 28.9 Å². The summed E-state index contributed by atoms with van der Waals surface area (Å²) in [5.74, 6) is -0.590. The lowest BCUT2D eigenvalue weighted by Crippen LogP contribution is -2.57. The van der Waals surface area contributed by atoms with E-state index >= 15 is 0 Å². The van der Waals surface area contributed by atoms with Crippen LogP contribution < -0.4 is 4.90 Å². The zero-order valence-electron chi connectivity index (χ0n) is 26.0. The standard InChI is InChI=1S/C31H42F3N5O4S/c1-20-18-36(19-21(2)37(20)13-12-27(40)42-5)14-15-43-25-10-8-23(9-11-25)39-29(44)38(28(41)30(39,3)4)24-7-6-22(17-35)26(16-24)31(32,33)34/h6-7,16,20-21,23,25H,8-15,18-19H2,1-5H3/t20-,21+,23?,25?. The molecular formula is C31H42F3N5O4S. The third-order valence-electron chi connectivity index (χ3n) is 9.16. The number of esters is 1. The smallest absolute Gasteiger partial charge is 0.417 e. The van der Waals surface area contributed by atoms with Crippen molar-refractivity contribution in [2.24, 2.45) is 0 Å². The molecule has 9 nitrogen and oxygen atoms in total. The van der Waals surface area contributed by atoms with Crippen LogP contribution in [0.1, 0.15) is 70.9 Å². The van der Waals surface area contributed by atoms with Gasteiger partial charge < -0.3 is 14.4 Å². The van der Waals surface area contributed by atoms with Gasteiger partial charge in [-0.15, -0.1) is 0 Å². The minimum atomic E-state index is -4.74. The number of alkyl halides is 3. The molecule has 2 heterocycles. The normalized spacial score (nSPS) is 26.6. The van der Waals surface area contributed by atoms with Crippen LogP contribution in [-0.4, -0.2) is 101 Å². The van der Waals surface area contributed by atoms with E-state index in [0.29, 0.717) is 31.7 Å². The molecule has 2 saturated heterocycles. The molecule has 0 radical (unpaired) electrons. The van der Waals surface area contributed by atoms with Crippen molar-refractivity contribution in [3.8, 4) is 6.07 Å². The lowest BCUT2D eigenvalue weighted by atomic mass is 9.89. The van der Waals surface area contributed by atoms with E-state index in [2.05, 4.69) is 23.6 Å².